The van der Waals surface area contributed by atoms with Gasteiger partial charge in [-0.2, -0.15) is 0 Å². The van der Waals surface area contributed by atoms with Crippen LogP contribution >= 0.6 is 0 Å². The number of rotatable bonds is 6. The molecule has 0 saturated heterocycles. The predicted octanol–water partition coefficient (Wildman–Crippen LogP) is 3.91. The fraction of sp³-hybridized carbons (Fsp3) is 0.800. The zero-order valence-electron chi connectivity index (χ0n) is 14.4. The molecule has 6 nitrogen and oxygen atoms in total. The van der Waals surface area contributed by atoms with Gasteiger partial charge in [0.15, 0.2) is 0 Å². The third-order valence-corrected chi connectivity index (χ3v) is 10.6. The molecule has 0 unspecified atom stereocenters. The van der Waals surface area contributed by atoms with E-state index in [1.807, 2.05) is 0 Å². The van der Waals surface area contributed by atoms with Gasteiger partial charge in [-0.3, -0.25) is 4.79 Å². The van der Waals surface area contributed by atoms with Crippen molar-refractivity contribution in [3.63, 3.8) is 0 Å². The molecule has 0 aromatic rings. The van der Waals surface area contributed by atoms with Gasteiger partial charge < -0.3 is 9.74 Å². The van der Waals surface area contributed by atoms with Crippen LogP contribution in [0.1, 0.15) is 41.5 Å². The Morgan fingerprint density at radius 2 is 1.82 bits per heavy atom. The Balaban J connectivity index is 3.19. The average molecular weight is 325 g/mol. The molecule has 0 bridgehead atoms. The lowest BCUT2D eigenvalue weighted by atomic mass is 10.2. The van der Waals surface area contributed by atoms with Crippen LogP contribution in [0.2, 0.25) is 16.6 Å². The molecule has 1 aliphatic heterocycles. The molecule has 0 aromatic heterocycles. The fourth-order valence-corrected chi connectivity index (χ4v) is 9.15. The van der Waals surface area contributed by atoms with E-state index in [0.29, 0.717) is 23.2 Å². The minimum absolute atomic E-state index is 0.171. The van der Waals surface area contributed by atoms with Crippen molar-refractivity contribution in [3.8, 4) is 0 Å². The van der Waals surface area contributed by atoms with Crippen LogP contribution in [0.5, 0.6) is 0 Å². The van der Waals surface area contributed by atoms with Crippen LogP contribution in [-0.2, 0) is 9.22 Å². The molecule has 1 aliphatic rings. The molecule has 2 atom stereocenters. The molecule has 1 N–H and O–H groups in total. The van der Waals surface area contributed by atoms with E-state index >= 15 is 0 Å². The molecule has 0 radical (unpaired) electrons. The van der Waals surface area contributed by atoms with Gasteiger partial charge in [0.25, 0.3) is 0 Å². The monoisotopic (exact) mass is 324 g/mol. The van der Waals surface area contributed by atoms with Crippen LogP contribution in [0.3, 0.4) is 0 Å². The quantitative estimate of drug-likeness (QED) is 0.347. The van der Waals surface area contributed by atoms with Crippen LogP contribution in [-0.4, -0.2) is 32.9 Å². The number of azide groups is 1. The van der Waals surface area contributed by atoms with E-state index in [1.165, 1.54) is 6.08 Å². The Labute approximate surface area is 134 Å². The van der Waals surface area contributed by atoms with Gasteiger partial charge >= 0.3 is 0 Å². The second kappa shape index (κ2) is 7.81. The molecular weight excluding hydrogens is 296 g/mol. The van der Waals surface area contributed by atoms with Crippen LogP contribution in [0, 0.1) is 0 Å². The summed E-state index contributed by atoms with van der Waals surface area (Å²) in [5, 5.41) is 6.56. The van der Waals surface area contributed by atoms with E-state index < -0.39 is 14.4 Å². The van der Waals surface area contributed by atoms with Crippen molar-refractivity contribution in [2.75, 3.05) is 6.54 Å². The molecule has 1 amide bonds. The predicted molar refractivity (Wildman–Crippen MR) is 91.0 cm³/mol. The Hall–Kier alpha value is -1.30. The summed E-state index contributed by atoms with van der Waals surface area (Å²) in [6.45, 7) is 13.5. The van der Waals surface area contributed by atoms with Crippen LogP contribution < -0.4 is 5.32 Å². The van der Waals surface area contributed by atoms with Gasteiger partial charge in [0.2, 0.25) is 14.2 Å². The smallest absolute Gasteiger partial charge is 0.243 e. The summed E-state index contributed by atoms with van der Waals surface area (Å²) in [7, 11) is -2.10. The van der Waals surface area contributed by atoms with Crippen LogP contribution in [0.25, 0.3) is 10.4 Å². The zero-order chi connectivity index (χ0) is 16.9. The first-order valence-corrected chi connectivity index (χ1v) is 10.1. The van der Waals surface area contributed by atoms with Gasteiger partial charge in [-0.15, -0.1) is 0 Å². The van der Waals surface area contributed by atoms with Gasteiger partial charge in [-0.1, -0.05) is 52.7 Å². The van der Waals surface area contributed by atoms with E-state index in [4.69, 9.17) is 9.96 Å². The standard InChI is InChI=1S/C15H28N4O2Si/c1-10(2)22(11(3)4,12(5)6)21-14-7-8-15(20)17-9-13(14)18-19-16/h7-8,10-14H,9H2,1-6H3,(H,17,20)/t13-,14-/m1/s1. The summed E-state index contributed by atoms with van der Waals surface area (Å²) in [6.07, 6.45) is 2.88. The van der Waals surface area contributed by atoms with Crippen LogP contribution in [0.4, 0.5) is 0 Å². The summed E-state index contributed by atoms with van der Waals surface area (Å²) in [6, 6.07) is -0.407. The number of hydrogen-bond acceptors (Lipinski definition) is 3. The van der Waals surface area contributed by atoms with Crippen molar-refractivity contribution in [2.45, 2.75) is 70.3 Å². The van der Waals surface area contributed by atoms with Gasteiger partial charge in [0.05, 0.1) is 12.1 Å². The van der Waals surface area contributed by atoms with E-state index in [9.17, 15) is 4.79 Å². The lowest BCUT2D eigenvalue weighted by molar-refractivity contribution is -0.116. The van der Waals surface area contributed by atoms with Gasteiger partial charge in [-0.25, -0.2) is 0 Å². The second-order valence-electron chi connectivity index (χ2n) is 6.78. The first-order valence-electron chi connectivity index (χ1n) is 7.93. The van der Waals surface area contributed by atoms with Crippen molar-refractivity contribution in [1.29, 1.82) is 0 Å². The Morgan fingerprint density at radius 3 is 2.27 bits per heavy atom. The highest BCUT2D eigenvalue weighted by Gasteiger charge is 2.47. The van der Waals surface area contributed by atoms with E-state index in [-0.39, 0.29) is 12.0 Å². The molecule has 1 rings (SSSR count). The third-order valence-electron chi connectivity index (χ3n) is 4.55. The highest BCUT2D eigenvalue weighted by atomic mass is 28.4. The highest BCUT2D eigenvalue weighted by molar-refractivity contribution is 6.77. The number of hydrogen-bond donors (Lipinski definition) is 1. The molecule has 0 fully saturated rings. The lowest BCUT2D eigenvalue weighted by Crippen LogP contribution is -2.52. The Kier molecular flexibility index (Phi) is 6.65. The van der Waals surface area contributed by atoms with Crippen LogP contribution in [0.15, 0.2) is 17.3 Å². The van der Waals surface area contributed by atoms with Crippen molar-refractivity contribution >= 4 is 14.2 Å². The van der Waals surface area contributed by atoms with Gasteiger partial charge in [-0.05, 0) is 22.2 Å². The molecule has 124 valence electrons. The number of nitrogens with zero attached hydrogens (tertiary/aromatic N) is 3. The molecule has 0 spiro atoms. The SMILES string of the molecule is CC(C)[Si](O[C@@H]1C=CC(=O)NC[C@H]1N=[N+]=[N-])(C(C)C)C(C)C. The first-order chi connectivity index (χ1) is 10.3. The molecule has 1 heterocycles. The van der Waals surface area contributed by atoms with E-state index in [1.54, 1.807) is 6.08 Å². The Bertz CT molecular complexity index is 448. The molecular formula is C15H28N4O2Si. The molecule has 0 saturated carbocycles. The van der Waals surface area contributed by atoms with Crippen molar-refractivity contribution < 1.29 is 9.22 Å². The highest BCUT2D eigenvalue weighted by Crippen LogP contribution is 2.43. The number of carbonyl (C=O) groups is 1. The van der Waals surface area contributed by atoms with Gasteiger partial charge in [0, 0.05) is 17.5 Å². The largest absolute Gasteiger partial charge is 0.409 e. The number of nitrogens with one attached hydrogen (secondary N) is 1. The van der Waals surface area contributed by atoms with Gasteiger partial charge in [0.1, 0.15) is 0 Å². The van der Waals surface area contributed by atoms with Crippen molar-refractivity contribution in [3.05, 3.63) is 22.6 Å². The minimum atomic E-state index is -2.10. The first kappa shape index (κ1) is 18.7. The third kappa shape index (κ3) is 3.91. The average Bonchev–Trinajstić information content (AvgIpc) is 2.58. The second-order valence-corrected chi connectivity index (χ2v) is 12.2. The maximum absolute atomic E-state index is 11.6. The summed E-state index contributed by atoms with van der Waals surface area (Å²) in [4.78, 5) is 14.5. The summed E-state index contributed by atoms with van der Waals surface area (Å²) >= 11 is 0. The normalized spacial score (nSPS) is 22.7. The van der Waals surface area contributed by atoms with E-state index in [2.05, 4.69) is 56.9 Å². The zero-order valence-corrected chi connectivity index (χ0v) is 15.4. The minimum Gasteiger partial charge on any atom is -0.409 e. The molecule has 0 aromatic carbocycles. The Morgan fingerprint density at radius 1 is 1.27 bits per heavy atom. The molecule has 7 heteroatoms. The number of amides is 1. The number of carbonyl (C=O) groups excluding carboxylic acids is 1. The lowest BCUT2D eigenvalue weighted by Gasteiger charge is -2.45. The summed E-state index contributed by atoms with van der Waals surface area (Å²) in [5.74, 6) is -0.171. The van der Waals surface area contributed by atoms with E-state index in [0.717, 1.165) is 0 Å². The van der Waals surface area contributed by atoms with Crippen molar-refractivity contribution in [2.24, 2.45) is 5.11 Å². The maximum Gasteiger partial charge on any atom is 0.243 e. The molecule has 0 aliphatic carbocycles. The van der Waals surface area contributed by atoms with Crippen molar-refractivity contribution in [1.82, 2.24) is 5.32 Å². The topological polar surface area (TPSA) is 87.1 Å². The fourth-order valence-electron chi connectivity index (χ4n) is 3.63. The summed E-state index contributed by atoms with van der Waals surface area (Å²) in [5.41, 5.74) is 10.1. The summed E-state index contributed by atoms with van der Waals surface area (Å²) < 4.78 is 6.65. The molecule has 22 heavy (non-hydrogen) atoms. The maximum atomic E-state index is 11.6.